The number of carbonyl (C=O) groups is 1. The van der Waals surface area contributed by atoms with Crippen molar-refractivity contribution in [2.24, 2.45) is 5.73 Å². The summed E-state index contributed by atoms with van der Waals surface area (Å²) in [6.07, 6.45) is 4.38. The van der Waals surface area contributed by atoms with Gasteiger partial charge in [0.05, 0.1) is 40.2 Å². The van der Waals surface area contributed by atoms with Crippen molar-refractivity contribution in [1.29, 1.82) is 0 Å². The summed E-state index contributed by atoms with van der Waals surface area (Å²) in [6.45, 7) is 1.86. The van der Waals surface area contributed by atoms with Gasteiger partial charge in [-0.05, 0) is 41.8 Å². The Kier molecular flexibility index (Phi) is 7.91. The number of hydrogen-bond donors (Lipinski definition) is 2. The maximum absolute atomic E-state index is 12.2. The average Bonchev–Trinajstić information content (AvgIpc) is 2.76. The van der Waals surface area contributed by atoms with Crippen molar-refractivity contribution in [1.82, 2.24) is 0 Å². The minimum absolute atomic E-state index is 0.253. The molecular formula is C22H28N2O5. The molecule has 0 bridgehead atoms. The third kappa shape index (κ3) is 5.42. The van der Waals surface area contributed by atoms with Crippen LogP contribution in [0, 0.1) is 0 Å². The number of rotatable bonds is 9. The van der Waals surface area contributed by atoms with Crippen molar-refractivity contribution >= 4 is 23.7 Å². The lowest BCUT2D eigenvalue weighted by Crippen LogP contribution is -2.34. The Balaban J connectivity index is 2.33. The van der Waals surface area contributed by atoms with E-state index in [2.05, 4.69) is 5.32 Å². The van der Waals surface area contributed by atoms with Gasteiger partial charge in [0.1, 0.15) is 5.75 Å². The molecule has 0 aromatic heterocycles. The summed E-state index contributed by atoms with van der Waals surface area (Å²) in [7, 11) is 6.26. The van der Waals surface area contributed by atoms with Gasteiger partial charge in [0.25, 0.3) is 0 Å². The Hall–Kier alpha value is -3.19. The van der Waals surface area contributed by atoms with Crippen LogP contribution in [-0.2, 0) is 4.79 Å². The number of nitrogens with two attached hydrogens (primary N) is 1. The first-order valence-corrected chi connectivity index (χ1v) is 9.19. The molecule has 0 aliphatic heterocycles. The maximum atomic E-state index is 12.2. The van der Waals surface area contributed by atoms with Crippen molar-refractivity contribution in [3.63, 3.8) is 0 Å². The van der Waals surface area contributed by atoms with Crippen molar-refractivity contribution in [3.8, 4) is 23.0 Å². The fourth-order valence-corrected chi connectivity index (χ4v) is 2.73. The first kappa shape index (κ1) is 22.1. The molecule has 1 unspecified atom stereocenters. The molecule has 2 aromatic carbocycles. The van der Waals surface area contributed by atoms with Crippen LogP contribution in [0.25, 0.3) is 12.2 Å². The molecule has 0 aliphatic rings. The summed E-state index contributed by atoms with van der Waals surface area (Å²) in [5, 5.41) is 2.82. The predicted octanol–water partition coefficient (Wildman–Crippen LogP) is 3.57. The quantitative estimate of drug-likeness (QED) is 0.625. The number of benzene rings is 2. The molecule has 2 aromatic rings. The zero-order chi connectivity index (χ0) is 21.4. The number of carbonyl (C=O) groups excluding carboxylic acids is 1. The van der Waals surface area contributed by atoms with Gasteiger partial charge in [-0.15, -0.1) is 0 Å². The number of hydrogen-bond acceptors (Lipinski definition) is 6. The topological polar surface area (TPSA) is 92.0 Å². The van der Waals surface area contributed by atoms with E-state index in [0.29, 0.717) is 35.1 Å². The van der Waals surface area contributed by atoms with E-state index < -0.39 is 6.04 Å². The van der Waals surface area contributed by atoms with E-state index in [1.54, 1.807) is 34.5 Å². The van der Waals surface area contributed by atoms with E-state index in [0.717, 1.165) is 11.1 Å². The minimum atomic E-state index is -0.571. The summed E-state index contributed by atoms with van der Waals surface area (Å²) in [5.41, 5.74) is 8.11. The van der Waals surface area contributed by atoms with Gasteiger partial charge in [0.2, 0.25) is 11.7 Å². The van der Waals surface area contributed by atoms with Gasteiger partial charge in [0.15, 0.2) is 11.5 Å². The smallest absolute Gasteiger partial charge is 0.241 e. The van der Waals surface area contributed by atoms with E-state index in [1.165, 1.54) is 0 Å². The summed E-state index contributed by atoms with van der Waals surface area (Å²) in [4.78, 5) is 12.2. The molecule has 3 N–H and O–H groups in total. The van der Waals surface area contributed by atoms with Crippen LogP contribution in [0.4, 0.5) is 5.69 Å². The lowest BCUT2D eigenvalue weighted by atomic mass is 10.1. The second-order valence-corrected chi connectivity index (χ2v) is 6.26. The molecule has 156 valence electrons. The number of amides is 1. The molecule has 29 heavy (non-hydrogen) atoms. The normalized spacial score (nSPS) is 11.8. The molecule has 1 amide bonds. The fourth-order valence-electron chi connectivity index (χ4n) is 2.73. The van der Waals surface area contributed by atoms with Crippen molar-refractivity contribution in [2.75, 3.05) is 33.8 Å². The molecule has 0 saturated carbocycles. The fraction of sp³-hybridized carbons (Fsp3) is 0.318. The molecule has 7 heteroatoms. The Morgan fingerprint density at radius 1 is 0.931 bits per heavy atom. The van der Waals surface area contributed by atoms with Crippen LogP contribution >= 0.6 is 0 Å². The predicted molar refractivity (Wildman–Crippen MR) is 115 cm³/mol. The van der Waals surface area contributed by atoms with E-state index in [-0.39, 0.29) is 5.91 Å². The standard InChI is InChI=1S/C22H28N2O5/c1-6-16(23)22(25)24-17-11-14(9-10-18(17)26-2)7-8-15-12-19(27-3)21(29-5)20(13-15)28-4/h7-13,16H,6,23H2,1-5H3,(H,24,25). The monoisotopic (exact) mass is 400 g/mol. The zero-order valence-electron chi connectivity index (χ0n) is 17.4. The van der Waals surface area contributed by atoms with Crippen LogP contribution in [0.5, 0.6) is 23.0 Å². The summed E-state index contributed by atoms with van der Waals surface area (Å²) >= 11 is 0. The Morgan fingerprint density at radius 3 is 2.03 bits per heavy atom. The van der Waals surface area contributed by atoms with E-state index in [4.69, 9.17) is 24.7 Å². The third-order valence-corrected chi connectivity index (χ3v) is 4.41. The molecule has 0 spiro atoms. The lowest BCUT2D eigenvalue weighted by Gasteiger charge is -2.14. The van der Waals surface area contributed by atoms with E-state index >= 15 is 0 Å². The molecule has 0 heterocycles. The molecule has 1 atom stereocenters. The molecule has 0 radical (unpaired) electrons. The zero-order valence-corrected chi connectivity index (χ0v) is 17.4. The molecule has 0 fully saturated rings. The molecule has 2 rings (SSSR count). The second kappa shape index (κ2) is 10.4. The molecule has 0 aliphatic carbocycles. The highest BCUT2D eigenvalue weighted by atomic mass is 16.5. The molecular weight excluding hydrogens is 372 g/mol. The van der Waals surface area contributed by atoms with Crippen LogP contribution in [0.3, 0.4) is 0 Å². The summed E-state index contributed by atoms with van der Waals surface area (Å²) in [6, 6.07) is 8.64. The van der Waals surface area contributed by atoms with Crippen LogP contribution in [0.15, 0.2) is 30.3 Å². The summed E-state index contributed by atoms with van der Waals surface area (Å²) < 4.78 is 21.4. The van der Waals surface area contributed by atoms with Crippen LogP contribution in [0.1, 0.15) is 24.5 Å². The Bertz CT molecular complexity index is 854. The van der Waals surface area contributed by atoms with Gasteiger partial charge < -0.3 is 30.0 Å². The highest BCUT2D eigenvalue weighted by Gasteiger charge is 2.14. The third-order valence-electron chi connectivity index (χ3n) is 4.41. The van der Waals surface area contributed by atoms with Gasteiger partial charge in [0, 0.05) is 0 Å². The van der Waals surface area contributed by atoms with E-state index in [1.807, 2.05) is 43.3 Å². The van der Waals surface area contributed by atoms with Crippen molar-refractivity contribution < 1.29 is 23.7 Å². The van der Waals surface area contributed by atoms with Gasteiger partial charge in [-0.1, -0.05) is 25.1 Å². The Labute approximate surface area is 171 Å². The number of methoxy groups -OCH3 is 4. The molecule has 7 nitrogen and oxygen atoms in total. The highest BCUT2D eigenvalue weighted by molar-refractivity contribution is 5.96. The van der Waals surface area contributed by atoms with Gasteiger partial charge in [-0.2, -0.15) is 0 Å². The number of nitrogens with one attached hydrogen (secondary N) is 1. The highest BCUT2D eigenvalue weighted by Crippen LogP contribution is 2.38. The number of ether oxygens (including phenoxy) is 4. The van der Waals surface area contributed by atoms with Crippen LogP contribution < -0.4 is 30.0 Å². The van der Waals surface area contributed by atoms with E-state index in [9.17, 15) is 4.79 Å². The van der Waals surface area contributed by atoms with Gasteiger partial charge >= 0.3 is 0 Å². The second-order valence-electron chi connectivity index (χ2n) is 6.26. The first-order chi connectivity index (χ1) is 14.0. The summed E-state index contributed by atoms with van der Waals surface area (Å²) in [5.74, 6) is 1.99. The van der Waals surface area contributed by atoms with Gasteiger partial charge in [-0.25, -0.2) is 0 Å². The lowest BCUT2D eigenvalue weighted by molar-refractivity contribution is -0.117. The Morgan fingerprint density at radius 2 is 1.52 bits per heavy atom. The minimum Gasteiger partial charge on any atom is -0.495 e. The van der Waals surface area contributed by atoms with Crippen LogP contribution in [-0.4, -0.2) is 40.4 Å². The van der Waals surface area contributed by atoms with Crippen molar-refractivity contribution in [3.05, 3.63) is 41.5 Å². The van der Waals surface area contributed by atoms with Gasteiger partial charge in [-0.3, -0.25) is 4.79 Å². The number of anilines is 1. The average molecular weight is 400 g/mol. The maximum Gasteiger partial charge on any atom is 0.241 e. The largest absolute Gasteiger partial charge is 0.495 e. The SMILES string of the molecule is CCC(N)C(=O)Nc1cc(C=Cc2cc(OC)c(OC)c(OC)c2)ccc1OC. The molecule has 0 saturated heterocycles. The van der Waals surface area contributed by atoms with Crippen molar-refractivity contribution in [2.45, 2.75) is 19.4 Å². The van der Waals surface area contributed by atoms with Crippen LogP contribution in [0.2, 0.25) is 0 Å². The first-order valence-electron chi connectivity index (χ1n) is 9.19.